The van der Waals surface area contributed by atoms with Gasteiger partial charge in [-0.15, -0.1) is 0 Å². The standard InChI is InChI=1S/C12H14O4/c1-2-9(8-6-4-3-5-7-8)10(11(13)14)12(15)16/h3-7,9-10H,2H2,1H3,(H,13,14)(H,15,16)/t9-/m1/s1. The second kappa shape index (κ2) is 5.30. The molecule has 1 rings (SSSR count). The average Bonchev–Trinajstić information content (AvgIpc) is 2.25. The van der Waals surface area contributed by atoms with Gasteiger partial charge in [-0.2, -0.15) is 0 Å². The molecule has 0 saturated carbocycles. The zero-order valence-corrected chi connectivity index (χ0v) is 8.96. The third-order valence-corrected chi connectivity index (χ3v) is 2.60. The maximum atomic E-state index is 10.9. The van der Waals surface area contributed by atoms with Gasteiger partial charge in [0.25, 0.3) is 0 Å². The first-order chi connectivity index (χ1) is 7.57. The molecule has 0 amide bonds. The molecule has 0 fully saturated rings. The lowest BCUT2D eigenvalue weighted by molar-refractivity contribution is -0.155. The van der Waals surface area contributed by atoms with Crippen LogP contribution in [-0.4, -0.2) is 22.2 Å². The van der Waals surface area contributed by atoms with Gasteiger partial charge in [-0.05, 0) is 12.0 Å². The van der Waals surface area contributed by atoms with Crippen molar-refractivity contribution < 1.29 is 19.8 Å². The SMILES string of the molecule is CC[C@H](c1ccccc1)C(C(=O)O)C(=O)O. The van der Waals surface area contributed by atoms with E-state index in [0.29, 0.717) is 6.42 Å². The van der Waals surface area contributed by atoms with Crippen LogP contribution >= 0.6 is 0 Å². The Morgan fingerprint density at radius 1 is 1.12 bits per heavy atom. The van der Waals surface area contributed by atoms with E-state index in [0.717, 1.165) is 5.56 Å². The van der Waals surface area contributed by atoms with Crippen molar-refractivity contribution in [1.29, 1.82) is 0 Å². The summed E-state index contributed by atoms with van der Waals surface area (Å²) >= 11 is 0. The molecule has 0 aliphatic heterocycles. The minimum Gasteiger partial charge on any atom is -0.481 e. The smallest absolute Gasteiger partial charge is 0.318 e. The second-order valence-electron chi connectivity index (χ2n) is 3.58. The third-order valence-electron chi connectivity index (χ3n) is 2.60. The van der Waals surface area contributed by atoms with Crippen molar-refractivity contribution in [3.63, 3.8) is 0 Å². The van der Waals surface area contributed by atoms with E-state index >= 15 is 0 Å². The summed E-state index contributed by atoms with van der Waals surface area (Å²) in [6.07, 6.45) is 0.479. The minimum absolute atomic E-state index is 0.479. The van der Waals surface area contributed by atoms with Gasteiger partial charge < -0.3 is 10.2 Å². The van der Waals surface area contributed by atoms with Crippen LogP contribution in [-0.2, 0) is 9.59 Å². The number of carbonyl (C=O) groups is 2. The van der Waals surface area contributed by atoms with Gasteiger partial charge in [0.05, 0.1) is 0 Å². The topological polar surface area (TPSA) is 74.6 Å². The highest BCUT2D eigenvalue weighted by Crippen LogP contribution is 2.28. The van der Waals surface area contributed by atoms with E-state index in [9.17, 15) is 9.59 Å². The Bertz CT molecular complexity index is 358. The minimum atomic E-state index is -1.38. The van der Waals surface area contributed by atoms with Crippen molar-refractivity contribution in [3.05, 3.63) is 35.9 Å². The van der Waals surface area contributed by atoms with Gasteiger partial charge in [0.1, 0.15) is 0 Å². The van der Waals surface area contributed by atoms with Crippen molar-refractivity contribution in [2.75, 3.05) is 0 Å². The van der Waals surface area contributed by atoms with Crippen molar-refractivity contribution >= 4 is 11.9 Å². The van der Waals surface area contributed by atoms with Crippen LogP contribution in [0.25, 0.3) is 0 Å². The maximum Gasteiger partial charge on any atom is 0.318 e. The summed E-state index contributed by atoms with van der Waals surface area (Å²) in [5.74, 6) is -4.45. The first kappa shape index (κ1) is 12.2. The molecule has 0 aliphatic carbocycles. The summed E-state index contributed by atoms with van der Waals surface area (Å²) in [7, 11) is 0. The van der Waals surface area contributed by atoms with Crippen LogP contribution in [0.15, 0.2) is 30.3 Å². The molecule has 4 heteroatoms. The number of rotatable bonds is 5. The normalized spacial score (nSPS) is 12.4. The van der Waals surface area contributed by atoms with Crippen LogP contribution in [0.4, 0.5) is 0 Å². The van der Waals surface area contributed by atoms with E-state index in [-0.39, 0.29) is 0 Å². The van der Waals surface area contributed by atoms with Gasteiger partial charge in [-0.1, -0.05) is 37.3 Å². The molecule has 86 valence electrons. The molecule has 0 bridgehead atoms. The van der Waals surface area contributed by atoms with E-state index in [4.69, 9.17) is 10.2 Å². The van der Waals surface area contributed by atoms with E-state index in [1.807, 2.05) is 6.07 Å². The fraction of sp³-hybridized carbons (Fsp3) is 0.333. The predicted molar refractivity (Wildman–Crippen MR) is 58.2 cm³/mol. The number of carboxylic acids is 2. The van der Waals surface area contributed by atoms with Crippen LogP contribution < -0.4 is 0 Å². The molecule has 0 radical (unpaired) electrons. The highest BCUT2D eigenvalue weighted by Gasteiger charge is 2.34. The first-order valence-corrected chi connectivity index (χ1v) is 5.08. The number of hydrogen-bond acceptors (Lipinski definition) is 2. The predicted octanol–water partition coefficient (Wildman–Crippen LogP) is 1.97. The molecule has 0 spiro atoms. The second-order valence-corrected chi connectivity index (χ2v) is 3.58. The van der Waals surface area contributed by atoms with Crippen LogP contribution in [0.5, 0.6) is 0 Å². The Morgan fingerprint density at radius 3 is 2.00 bits per heavy atom. The molecule has 4 nitrogen and oxygen atoms in total. The molecular formula is C12H14O4. The fourth-order valence-electron chi connectivity index (χ4n) is 1.81. The van der Waals surface area contributed by atoms with Gasteiger partial charge in [0.15, 0.2) is 5.92 Å². The van der Waals surface area contributed by atoms with Crippen molar-refractivity contribution in [1.82, 2.24) is 0 Å². The summed E-state index contributed by atoms with van der Waals surface area (Å²) in [6.45, 7) is 1.79. The Balaban J connectivity index is 3.05. The number of carboxylic acid groups (broad SMARTS) is 2. The molecule has 1 atom stereocenters. The first-order valence-electron chi connectivity index (χ1n) is 5.08. The molecule has 1 aromatic carbocycles. The molecule has 0 heterocycles. The van der Waals surface area contributed by atoms with Crippen LogP contribution in [0.1, 0.15) is 24.8 Å². The summed E-state index contributed by atoms with van der Waals surface area (Å²) in [5, 5.41) is 17.9. The Morgan fingerprint density at radius 2 is 1.62 bits per heavy atom. The molecule has 0 saturated heterocycles. The number of hydrogen-bond donors (Lipinski definition) is 2. The van der Waals surface area contributed by atoms with Gasteiger partial charge in [0.2, 0.25) is 0 Å². The lowest BCUT2D eigenvalue weighted by Crippen LogP contribution is -2.29. The summed E-state index contributed by atoms with van der Waals surface area (Å²) in [6, 6.07) is 8.88. The molecule has 0 unspecified atom stereocenters. The van der Waals surface area contributed by atoms with Gasteiger partial charge in [0, 0.05) is 5.92 Å². The fourth-order valence-corrected chi connectivity index (χ4v) is 1.81. The summed E-state index contributed by atoms with van der Waals surface area (Å²) in [4.78, 5) is 21.9. The molecule has 2 N–H and O–H groups in total. The molecule has 0 aromatic heterocycles. The van der Waals surface area contributed by atoms with Crippen molar-refractivity contribution in [3.8, 4) is 0 Å². The summed E-state index contributed by atoms with van der Waals surface area (Å²) < 4.78 is 0. The highest BCUT2D eigenvalue weighted by atomic mass is 16.4. The largest absolute Gasteiger partial charge is 0.481 e. The Hall–Kier alpha value is -1.84. The van der Waals surface area contributed by atoms with Gasteiger partial charge in [-0.25, -0.2) is 0 Å². The van der Waals surface area contributed by atoms with Crippen LogP contribution in [0.3, 0.4) is 0 Å². The van der Waals surface area contributed by atoms with Crippen molar-refractivity contribution in [2.24, 2.45) is 5.92 Å². The average molecular weight is 222 g/mol. The monoisotopic (exact) mass is 222 g/mol. The van der Waals surface area contributed by atoms with Gasteiger partial charge >= 0.3 is 11.9 Å². The van der Waals surface area contributed by atoms with Crippen molar-refractivity contribution in [2.45, 2.75) is 19.3 Å². The van der Waals surface area contributed by atoms with E-state index in [1.165, 1.54) is 0 Å². The highest BCUT2D eigenvalue weighted by molar-refractivity contribution is 5.94. The number of aliphatic carboxylic acids is 2. The molecule has 16 heavy (non-hydrogen) atoms. The maximum absolute atomic E-state index is 10.9. The lowest BCUT2D eigenvalue weighted by atomic mass is 9.84. The third kappa shape index (κ3) is 2.59. The molecular weight excluding hydrogens is 208 g/mol. The Kier molecular flexibility index (Phi) is 4.05. The van der Waals surface area contributed by atoms with Gasteiger partial charge in [-0.3, -0.25) is 9.59 Å². The quantitative estimate of drug-likeness (QED) is 0.747. The lowest BCUT2D eigenvalue weighted by Gasteiger charge is -2.19. The van der Waals surface area contributed by atoms with E-state index in [1.54, 1.807) is 31.2 Å². The molecule has 1 aromatic rings. The van der Waals surface area contributed by atoms with E-state index < -0.39 is 23.8 Å². The molecule has 0 aliphatic rings. The summed E-state index contributed by atoms with van der Waals surface area (Å²) in [5.41, 5.74) is 0.750. The number of benzene rings is 1. The Labute approximate surface area is 93.5 Å². The van der Waals surface area contributed by atoms with Crippen LogP contribution in [0, 0.1) is 5.92 Å². The zero-order valence-electron chi connectivity index (χ0n) is 8.96. The zero-order chi connectivity index (χ0) is 12.1. The van der Waals surface area contributed by atoms with Crippen LogP contribution in [0.2, 0.25) is 0 Å². The van der Waals surface area contributed by atoms with E-state index in [2.05, 4.69) is 0 Å².